The average molecular weight is 233 g/mol. The number of rotatable bonds is 4. The number of aromatic nitrogens is 1. The lowest BCUT2D eigenvalue weighted by atomic mass is 10.2. The van der Waals surface area contributed by atoms with Gasteiger partial charge in [0.25, 0.3) is 0 Å². The molecule has 5 heteroatoms. The third-order valence-corrected chi connectivity index (χ3v) is 2.30. The Labute approximate surface area is 97.5 Å². The number of hydrogen-bond donors (Lipinski definition) is 0. The fourth-order valence-electron chi connectivity index (χ4n) is 1.63. The molecule has 0 saturated carbocycles. The third-order valence-electron chi connectivity index (χ3n) is 2.30. The van der Waals surface area contributed by atoms with Crippen LogP contribution in [-0.2, 0) is 9.53 Å². The van der Waals surface area contributed by atoms with Gasteiger partial charge in [0.2, 0.25) is 0 Å². The molecule has 0 saturated heterocycles. The molecule has 0 unspecified atom stereocenters. The van der Waals surface area contributed by atoms with Crippen molar-refractivity contribution in [3.05, 3.63) is 36.0 Å². The van der Waals surface area contributed by atoms with Crippen molar-refractivity contribution in [1.29, 1.82) is 0 Å². The maximum Gasteiger partial charge on any atom is 0.358 e. The van der Waals surface area contributed by atoms with E-state index in [-0.39, 0.29) is 18.8 Å². The highest BCUT2D eigenvalue weighted by Gasteiger charge is 2.17. The number of nitrogens with zero attached hydrogens (tertiary/aromatic N) is 1. The lowest BCUT2D eigenvalue weighted by Gasteiger charge is -2.05. The smallest absolute Gasteiger partial charge is 0.358 e. The van der Waals surface area contributed by atoms with Gasteiger partial charge in [-0.15, -0.1) is 0 Å². The van der Waals surface area contributed by atoms with E-state index in [4.69, 9.17) is 9.57 Å². The maximum absolute atomic E-state index is 11.7. The number of para-hydroxylation sites is 1. The molecule has 88 valence electrons. The molecule has 2 aromatic rings. The molecule has 0 aliphatic rings. The Morgan fingerprint density at radius 3 is 2.88 bits per heavy atom. The third kappa shape index (κ3) is 1.99. The van der Waals surface area contributed by atoms with Crippen LogP contribution in [0.25, 0.3) is 10.9 Å². The van der Waals surface area contributed by atoms with E-state index in [1.165, 1.54) is 4.73 Å². The number of esters is 1. The number of hydrogen-bond acceptors (Lipinski definition) is 4. The molecular formula is C12H11NO4. The van der Waals surface area contributed by atoms with Gasteiger partial charge in [0.15, 0.2) is 5.69 Å². The van der Waals surface area contributed by atoms with Crippen molar-refractivity contribution in [2.24, 2.45) is 0 Å². The number of carbonyl (C=O) groups excluding carboxylic acids is 2. The van der Waals surface area contributed by atoms with Crippen LogP contribution in [0.1, 0.15) is 17.4 Å². The Kier molecular flexibility index (Phi) is 3.09. The quantitative estimate of drug-likeness (QED) is 0.591. The van der Waals surface area contributed by atoms with Gasteiger partial charge < -0.3 is 9.57 Å². The Hall–Kier alpha value is -2.30. The van der Waals surface area contributed by atoms with Crippen molar-refractivity contribution < 1.29 is 19.2 Å². The van der Waals surface area contributed by atoms with Crippen molar-refractivity contribution in [3.8, 4) is 0 Å². The molecule has 1 heterocycles. The summed E-state index contributed by atoms with van der Waals surface area (Å²) in [4.78, 5) is 26.9. The molecule has 0 aliphatic carbocycles. The predicted octanol–water partition coefficient (Wildman–Crippen LogP) is 1.40. The van der Waals surface area contributed by atoms with E-state index in [1.807, 2.05) is 12.1 Å². The zero-order chi connectivity index (χ0) is 12.3. The van der Waals surface area contributed by atoms with Crippen LogP contribution >= 0.6 is 0 Å². The summed E-state index contributed by atoms with van der Waals surface area (Å²) >= 11 is 0. The van der Waals surface area contributed by atoms with Gasteiger partial charge >= 0.3 is 12.4 Å². The van der Waals surface area contributed by atoms with Crippen LogP contribution < -0.4 is 4.84 Å². The van der Waals surface area contributed by atoms with E-state index in [1.54, 1.807) is 25.1 Å². The SMILES string of the molecule is CCOC(=O)c1cc2ccccc2n1OC=O. The van der Waals surface area contributed by atoms with E-state index in [2.05, 4.69) is 0 Å². The molecule has 0 radical (unpaired) electrons. The summed E-state index contributed by atoms with van der Waals surface area (Å²) in [6, 6.07) is 8.82. The van der Waals surface area contributed by atoms with E-state index in [0.29, 0.717) is 5.52 Å². The van der Waals surface area contributed by atoms with Gasteiger partial charge in [-0.1, -0.05) is 18.2 Å². The molecule has 0 aliphatic heterocycles. The van der Waals surface area contributed by atoms with E-state index in [9.17, 15) is 9.59 Å². The van der Waals surface area contributed by atoms with Crippen molar-refractivity contribution >= 4 is 23.3 Å². The first kappa shape index (κ1) is 11.2. The monoisotopic (exact) mass is 233 g/mol. The second kappa shape index (κ2) is 4.69. The first-order valence-corrected chi connectivity index (χ1v) is 5.16. The Balaban J connectivity index is 2.56. The summed E-state index contributed by atoms with van der Waals surface area (Å²) < 4.78 is 6.06. The molecule has 0 fully saturated rings. The van der Waals surface area contributed by atoms with Gasteiger partial charge in [-0.25, -0.2) is 4.79 Å². The normalized spacial score (nSPS) is 10.2. The summed E-state index contributed by atoms with van der Waals surface area (Å²) in [5.41, 5.74) is 0.836. The van der Waals surface area contributed by atoms with Crippen molar-refractivity contribution in [3.63, 3.8) is 0 Å². The maximum atomic E-state index is 11.7. The van der Waals surface area contributed by atoms with Crippen LogP contribution in [0.3, 0.4) is 0 Å². The van der Waals surface area contributed by atoms with Crippen LogP contribution in [-0.4, -0.2) is 23.8 Å². The molecule has 1 aromatic heterocycles. The lowest BCUT2D eigenvalue weighted by molar-refractivity contribution is -0.128. The van der Waals surface area contributed by atoms with Crippen LogP contribution in [0.5, 0.6) is 0 Å². The van der Waals surface area contributed by atoms with Crippen LogP contribution in [0.4, 0.5) is 0 Å². The first-order chi connectivity index (χ1) is 8.27. The summed E-state index contributed by atoms with van der Waals surface area (Å²) in [5, 5.41) is 0.803. The minimum absolute atomic E-state index is 0.195. The lowest BCUT2D eigenvalue weighted by Crippen LogP contribution is -2.17. The Bertz CT molecular complexity index is 559. The standard InChI is InChI=1S/C12H11NO4/c1-2-16-12(15)11-7-9-5-3-4-6-10(9)13(11)17-8-14/h3-8H,2H2,1H3. The van der Waals surface area contributed by atoms with Gasteiger partial charge in [-0.05, 0) is 19.1 Å². The highest BCUT2D eigenvalue weighted by Crippen LogP contribution is 2.19. The van der Waals surface area contributed by atoms with Crippen LogP contribution in [0.15, 0.2) is 30.3 Å². The highest BCUT2D eigenvalue weighted by atomic mass is 16.7. The van der Waals surface area contributed by atoms with E-state index in [0.717, 1.165) is 5.39 Å². The molecule has 0 bridgehead atoms. The summed E-state index contributed by atoms with van der Waals surface area (Å²) in [6.07, 6.45) is 0. The summed E-state index contributed by atoms with van der Waals surface area (Å²) in [6.45, 7) is 2.25. The van der Waals surface area contributed by atoms with Gasteiger partial charge in [0, 0.05) is 5.39 Å². The molecule has 17 heavy (non-hydrogen) atoms. The molecule has 0 amide bonds. The van der Waals surface area contributed by atoms with Gasteiger partial charge in [-0.2, -0.15) is 4.73 Å². The molecule has 5 nitrogen and oxygen atoms in total. The van der Waals surface area contributed by atoms with Gasteiger partial charge in [0.1, 0.15) is 0 Å². The van der Waals surface area contributed by atoms with Gasteiger partial charge in [0.05, 0.1) is 12.1 Å². The second-order valence-electron chi connectivity index (χ2n) is 3.30. The highest BCUT2D eigenvalue weighted by molar-refractivity contribution is 5.95. The molecule has 0 spiro atoms. The molecule has 2 rings (SSSR count). The second-order valence-corrected chi connectivity index (χ2v) is 3.30. The van der Waals surface area contributed by atoms with E-state index < -0.39 is 5.97 Å². The topological polar surface area (TPSA) is 57.5 Å². The van der Waals surface area contributed by atoms with Crippen LogP contribution in [0, 0.1) is 0 Å². The van der Waals surface area contributed by atoms with E-state index >= 15 is 0 Å². The predicted molar refractivity (Wildman–Crippen MR) is 60.5 cm³/mol. The minimum atomic E-state index is -0.523. The summed E-state index contributed by atoms with van der Waals surface area (Å²) in [5.74, 6) is -0.523. The van der Waals surface area contributed by atoms with Gasteiger partial charge in [-0.3, -0.25) is 4.79 Å². The average Bonchev–Trinajstić information content (AvgIpc) is 2.70. The molecule has 0 N–H and O–H groups in total. The molecule has 1 aromatic carbocycles. The fraction of sp³-hybridized carbons (Fsp3) is 0.167. The Morgan fingerprint density at radius 1 is 1.41 bits per heavy atom. The zero-order valence-electron chi connectivity index (χ0n) is 9.25. The van der Waals surface area contributed by atoms with Crippen molar-refractivity contribution in [2.75, 3.05) is 6.61 Å². The van der Waals surface area contributed by atoms with Crippen molar-refractivity contribution in [1.82, 2.24) is 4.73 Å². The largest absolute Gasteiger partial charge is 0.461 e. The molecular weight excluding hydrogens is 222 g/mol. The van der Waals surface area contributed by atoms with Crippen molar-refractivity contribution in [2.45, 2.75) is 6.92 Å². The Morgan fingerprint density at radius 2 is 2.18 bits per heavy atom. The number of ether oxygens (including phenoxy) is 1. The number of benzene rings is 1. The first-order valence-electron chi connectivity index (χ1n) is 5.16. The summed E-state index contributed by atoms with van der Waals surface area (Å²) in [7, 11) is 0. The molecule has 0 atom stereocenters. The minimum Gasteiger partial charge on any atom is -0.461 e. The van der Waals surface area contributed by atoms with Crippen LogP contribution in [0.2, 0.25) is 0 Å². The number of carbonyl (C=O) groups is 2. The fourth-order valence-corrected chi connectivity index (χ4v) is 1.63. The number of fused-ring (bicyclic) bond motifs is 1. The zero-order valence-corrected chi connectivity index (χ0v) is 9.25.